The van der Waals surface area contributed by atoms with Crippen LogP contribution in [-0.4, -0.2) is 4.99 Å². The Morgan fingerprint density at radius 2 is 1.95 bits per heavy atom. The minimum Gasteiger partial charge on any atom is -0.489 e. The lowest BCUT2D eigenvalue weighted by atomic mass is 10.1. The van der Waals surface area contributed by atoms with Crippen molar-refractivity contribution in [3.8, 4) is 5.75 Å². The Labute approximate surface area is 129 Å². The van der Waals surface area contributed by atoms with E-state index in [1.807, 2.05) is 50.2 Å². The third-order valence-electron chi connectivity index (χ3n) is 3.06. The average molecular weight is 306 g/mol. The molecule has 0 aliphatic carbocycles. The van der Waals surface area contributed by atoms with Crippen LogP contribution in [0.5, 0.6) is 5.75 Å². The van der Waals surface area contributed by atoms with Crippen molar-refractivity contribution in [1.29, 1.82) is 0 Å². The maximum absolute atomic E-state index is 6.20. The van der Waals surface area contributed by atoms with E-state index in [-0.39, 0.29) is 0 Å². The predicted octanol–water partition coefficient (Wildman–Crippen LogP) is 4.17. The van der Waals surface area contributed by atoms with E-state index in [1.165, 1.54) is 0 Å². The highest BCUT2D eigenvalue weighted by atomic mass is 35.5. The first-order chi connectivity index (χ1) is 9.47. The summed E-state index contributed by atoms with van der Waals surface area (Å²) in [6, 6.07) is 11.6. The van der Waals surface area contributed by atoms with Gasteiger partial charge in [-0.25, -0.2) is 0 Å². The Kier molecular flexibility index (Phi) is 4.63. The first kappa shape index (κ1) is 14.8. The molecule has 0 aliphatic rings. The molecule has 0 amide bonds. The quantitative estimate of drug-likeness (QED) is 0.861. The van der Waals surface area contributed by atoms with Gasteiger partial charge >= 0.3 is 0 Å². The highest BCUT2D eigenvalue weighted by Gasteiger charge is 2.06. The highest BCUT2D eigenvalue weighted by Crippen LogP contribution is 2.23. The van der Waals surface area contributed by atoms with Crippen LogP contribution in [0.15, 0.2) is 36.4 Å². The molecule has 2 aromatic rings. The van der Waals surface area contributed by atoms with Crippen LogP contribution in [0.25, 0.3) is 0 Å². The topological polar surface area (TPSA) is 35.2 Å². The average Bonchev–Trinajstić information content (AvgIpc) is 2.39. The van der Waals surface area contributed by atoms with E-state index in [0.29, 0.717) is 16.6 Å². The van der Waals surface area contributed by atoms with Gasteiger partial charge in [0.2, 0.25) is 0 Å². The smallest absolute Gasteiger partial charge is 0.123 e. The zero-order valence-corrected chi connectivity index (χ0v) is 13.0. The summed E-state index contributed by atoms with van der Waals surface area (Å²) in [4.78, 5) is 0.364. The molecule has 0 fully saturated rings. The Hall–Kier alpha value is -1.58. The van der Waals surface area contributed by atoms with Gasteiger partial charge in [-0.3, -0.25) is 0 Å². The summed E-state index contributed by atoms with van der Waals surface area (Å²) in [6.07, 6.45) is 0. The lowest BCUT2D eigenvalue weighted by Crippen LogP contribution is -2.09. The van der Waals surface area contributed by atoms with Crippen LogP contribution in [0.2, 0.25) is 5.02 Å². The number of hydrogen-bond acceptors (Lipinski definition) is 2. The number of ether oxygens (including phenoxy) is 1. The van der Waals surface area contributed by atoms with E-state index in [1.54, 1.807) is 0 Å². The summed E-state index contributed by atoms with van der Waals surface area (Å²) in [7, 11) is 0. The standard InChI is InChI=1S/C16H16ClNOS/c1-10-3-5-13(14(17)7-10)9-19-15-8-12(16(18)20)6-4-11(15)2/h3-8H,9H2,1-2H3,(H2,18,20). The second-order valence-electron chi connectivity index (χ2n) is 4.73. The lowest BCUT2D eigenvalue weighted by molar-refractivity contribution is 0.304. The molecule has 0 saturated heterocycles. The van der Waals surface area contributed by atoms with E-state index in [4.69, 9.17) is 34.3 Å². The van der Waals surface area contributed by atoms with Crippen molar-refractivity contribution in [3.05, 3.63) is 63.7 Å². The van der Waals surface area contributed by atoms with Gasteiger partial charge in [-0.15, -0.1) is 0 Å². The van der Waals surface area contributed by atoms with Crippen molar-refractivity contribution < 1.29 is 4.74 Å². The van der Waals surface area contributed by atoms with Crippen molar-refractivity contribution >= 4 is 28.8 Å². The molecular weight excluding hydrogens is 290 g/mol. The molecule has 0 spiro atoms. The van der Waals surface area contributed by atoms with E-state index >= 15 is 0 Å². The van der Waals surface area contributed by atoms with Crippen molar-refractivity contribution in [2.24, 2.45) is 5.73 Å². The summed E-state index contributed by atoms with van der Waals surface area (Å²) in [5.41, 5.74) is 9.56. The third-order valence-corrected chi connectivity index (χ3v) is 3.65. The molecule has 0 aromatic heterocycles. The molecule has 2 rings (SSSR count). The Balaban J connectivity index is 2.18. The molecule has 0 radical (unpaired) electrons. The van der Waals surface area contributed by atoms with E-state index < -0.39 is 0 Å². The number of hydrogen-bond donors (Lipinski definition) is 1. The van der Waals surface area contributed by atoms with Gasteiger partial charge in [0.15, 0.2) is 0 Å². The zero-order valence-electron chi connectivity index (χ0n) is 11.4. The van der Waals surface area contributed by atoms with Gasteiger partial charge in [0.25, 0.3) is 0 Å². The maximum atomic E-state index is 6.20. The molecule has 4 heteroatoms. The molecule has 2 nitrogen and oxygen atoms in total. The number of halogens is 1. The van der Waals surface area contributed by atoms with Gasteiger partial charge in [0.1, 0.15) is 17.3 Å². The van der Waals surface area contributed by atoms with E-state index in [2.05, 4.69) is 0 Å². The van der Waals surface area contributed by atoms with Crippen LogP contribution in [0.1, 0.15) is 22.3 Å². The number of rotatable bonds is 4. The summed E-state index contributed by atoms with van der Waals surface area (Å²) in [5.74, 6) is 0.770. The number of benzene rings is 2. The number of thiocarbonyl (C=S) groups is 1. The summed E-state index contributed by atoms with van der Waals surface area (Å²) in [5, 5.41) is 0.716. The fraction of sp³-hybridized carbons (Fsp3) is 0.188. The third kappa shape index (κ3) is 3.50. The molecule has 2 aromatic carbocycles. The van der Waals surface area contributed by atoms with Gasteiger partial charge < -0.3 is 10.5 Å². The lowest BCUT2D eigenvalue weighted by Gasteiger charge is -2.12. The van der Waals surface area contributed by atoms with Crippen LogP contribution in [-0.2, 0) is 6.61 Å². The Bertz CT molecular complexity index is 655. The zero-order chi connectivity index (χ0) is 14.7. The molecular formula is C16H16ClNOS. The maximum Gasteiger partial charge on any atom is 0.123 e. The van der Waals surface area contributed by atoms with Gasteiger partial charge in [0.05, 0.1) is 0 Å². The fourth-order valence-corrected chi connectivity index (χ4v) is 2.25. The summed E-state index contributed by atoms with van der Waals surface area (Å²) >= 11 is 11.2. The first-order valence-corrected chi connectivity index (χ1v) is 7.04. The second kappa shape index (κ2) is 6.25. The molecule has 0 unspecified atom stereocenters. The van der Waals surface area contributed by atoms with Crippen LogP contribution in [0.3, 0.4) is 0 Å². The molecule has 0 atom stereocenters. The largest absolute Gasteiger partial charge is 0.489 e. The molecule has 2 N–H and O–H groups in total. The summed E-state index contributed by atoms with van der Waals surface area (Å²) < 4.78 is 5.83. The van der Waals surface area contributed by atoms with Gasteiger partial charge in [0, 0.05) is 16.1 Å². The van der Waals surface area contributed by atoms with Crippen molar-refractivity contribution in [1.82, 2.24) is 0 Å². The molecule has 0 heterocycles. The van der Waals surface area contributed by atoms with Crippen molar-refractivity contribution in [2.75, 3.05) is 0 Å². The predicted molar refractivity (Wildman–Crippen MR) is 87.6 cm³/mol. The van der Waals surface area contributed by atoms with Crippen LogP contribution in [0.4, 0.5) is 0 Å². The molecule has 20 heavy (non-hydrogen) atoms. The van der Waals surface area contributed by atoms with Gasteiger partial charge in [-0.1, -0.05) is 48.1 Å². The Morgan fingerprint density at radius 1 is 1.20 bits per heavy atom. The molecule has 0 aliphatic heterocycles. The number of nitrogens with two attached hydrogens (primary N) is 1. The van der Waals surface area contributed by atoms with Gasteiger partial charge in [-0.2, -0.15) is 0 Å². The van der Waals surface area contributed by atoms with Gasteiger partial charge in [-0.05, 0) is 37.1 Å². The minimum absolute atomic E-state index is 0.364. The minimum atomic E-state index is 0.364. The normalized spacial score (nSPS) is 10.3. The van der Waals surface area contributed by atoms with Crippen LogP contribution in [0, 0.1) is 13.8 Å². The summed E-state index contributed by atoms with van der Waals surface area (Å²) in [6.45, 7) is 4.41. The van der Waals surface area contributed by atoms with Crippen molar-refractivity contribution in [3.63, 3.8) is 0 Å². The van der Waals surface area contributed by atoms with E-state index in [0.717, 1.165) is 28.0 Å². The first-order valence-electron chi connectivity index (χ1n) is 6.25. The molecule has 0 saturated carbocycles. The molecule has 104 valence electrons. The Morgan fingerprint density at radius 3 is 2.60 bits per heavy atom. The van der Waals surface area contributed by atoms with Crippen LogP contribution < -0.4 is 10.5 Å². The SMILES string of the molecule is Cc1ccc(COc2cc(C(N)=S)ccc2C)c(Cl)c1. The highest BCUT2D eigenvalue weighted by molar-refractivity contribution is 7.80. The molecule has 0 bridgehead atoms. The second-order valence-corrected chi connectivity index (χ2v) is 5.58. The number of aryl methyl sites for hydroxylation is 2. The van der Waals surface area contributed by atoms with Crippen LogP contribution >= 0.6 is 23.8 Å². The van der Waals surface area contributed by atoms with Crippen molar-refractivity contribution in [2.45, 2.75) is 20.5 Å². The van der Waals surface area contributed by atoms with E-state index in [9.17, 15) is 0 Å². The monoisotopic (exact) mass is 305 g/mol. The fourth-order valence-electron chi connectivity index (χ4n) is 1.83.